The highest BCUT2D eigenvalue weighted by molar-refractivity contribution is 5.29. The summed E-state index contributed by atoms with van der Waals surface area (Å²) < 4.78 is 1.83. The fraction of sp³-hybridized carbons (Fsp3) is 0.333. The van der Waals surface area contributed by atoms with Crippen LogP contribution in [0.3, 0.4) is 0 Å². The van der Waals surface area contributed by atoms with Crippen molar-refractivity contribution in [1.29, 1.82) is 0 Å². The lowest BCUT2D eigenvalue weighted by molar-refractivity contribution is 0.602. The Morgan fingerprint density at radius 1 is 1.25 bits per heavy atom. The lowest BCUT2D eigenvalue weighted by atomic mass is 10.2. The highest BCUT2D eigenvalue weighted by Crippen LogP contribution is 2.19. The predicted octanol–water partition coefficient (Wildman–Crippen LogP) is 1.69. The van der Waals surface area contributed by atoms with Crippen molar-refractivity contribution in [3.63, 3.8) is 0 Å². The van der Waals surface area contributed by atoms with Crippen LogP contribution in [0.1, 0.15) is 24.7 Å². The van der Waals surface area contributed by atoms with Crippen molar-refractivity contribution in [1.82, 2.24) is 20.1 Å². The van der Waals surface area contributed by atoms with Gasteiger partial charge in [-0.1, -0.05) is 18.2 Å². The van der Waals surface area contributed by atoms with E-state index < -0.39 is 0 Å². The quantitative estimate of drug-likeness (QED) is 0.827. The molecule has 1 atom stereocenters. The molecule has 1 aromatic carbocycles. The third-order valence-corrected chi connectivity index (χ3v) is 2.90. The van der Waals surface area contributed by atoms with Crippen molar-refractivity contribution in [2.45, 2.75) is 18.9 Å². The first-order valence-corrected chi connectivity index (χ1v) is 5.64. The molecule has 0 saturated carbocycles. The molecule has 16 heavy (non-hydrogen) atoms. The second-order valence-corrected chi connectivity index (χ2v) is 4.03. The van der Waals surface area contributed by atoms with E-state index in [-0.39, 0.29) is 0 Å². The zero-order valence-electron chi connectivity index (χ0n) is 9.00. The Balaban J connectivity index is 1.87. The molecule has 0 unspecified atom stereocenters. The van der Waals surface area contributed by atoms with Crippen LogP contribution in [0.4, 0.5) is 0 Å². The first kappa shape index (κ1) is 9.54. The largest absolute Gasteiger partial charge is 0.307 e. The number of hydrogen-bond donors (Lipinski definition) is 1. The summed E-state index contributed by atoms with van der Waals surface area (Å²) in [6, 6.07) is 10.4. The van der Waals surface area contributed by atoms with E-state index in [4.69, 9.17) is 0 Å². The van der Waals surface area contributed by atoms with Crippen LogP contribution in [-0.4, -0.2) is 21.3 Å². The average Bonchev–Trinajstić information content (AvgIpc) is 3.01. The lowest BCUT2D eigenvalue weighted by Gasteiger charge is -2.03. The van der Waals surface area contributed by atoms with Gasteiger partial charge in [-0.3, -0.25) is 0 Å². The Bertz CT molecular complexity index is 457. The monoisotopic (exact) mass is 214 g/mol. The SMILES string of the molecule is c1ccc(-n2cnc([C@@H]3CCCN3)n2)cc1. The van der Waals surface area contributed by atoms with Gasteiger partial charge in [0.05, 0.1) is 11.7 Å². The minimum atomic E-state index is 0.338. The van der Waals surface area contributed by atoms with Crippen LogP contribution in [0.5, 0.6) is 0 Å². The van der Waals surface area contributed by atoms with E-state index in [0.29, 0.717) is 6.04 Å². The molecule has 1 fully saturated rings. The number of benzene rings is 1. The smallest absolute Gasteiger partial charge is 0.167 e. The normalized spacial score (nSPS) is 20.1. The molecule has 0 aliphatic carbocycles. The predicted molar refractivity (Wildman–Crippen MR) is 61.3 cm³/mol. The maximum Gasteiger partial charge on any atom is 0.167 e. The number of nitrogens with zero attached hydrogens (tertiary/aromatic N) is 3. The van der Waals surface area contributed by atoms with E-state index >= 15 is 0 Å². The van der Waals surface area contributed by atoms with Gasteiger partial charge in [-0.15, -0.1) is 5.10 Å². The van der Waals surface area contributed by atoms with Crippen LogP contribution in [0.15, 0.2) is 36.7 Å². The number of para-hydroxylation sites is 1. The van der Waals surface area contributed by atoms with Gasteiger partial charge in [0, 0.05) is 0 Å². The van der Waals surface area contributed by atoms with E-state index in [1.54, 1.807) is 6.33 Å². The molecule has 0 radical (unpaired) electrons. The Morgan fingerprint density at radius 3 is 2.88 bits per heavy atom. The topological polar surface area (TPSA) is 42.7 Å². The number of rotatable bonds is 2. The highest BCUT2D eigenvalue weighted by atomic mass is 15.3. The van der Waals surface area contributed by atoms with Gasteiger partial charge in [-0.05, 0) is 31.5 Å². The Kier molecular flexibility index (Phi) is 2.42. The van der Waals surface area contributed by atoms with Crippen molar-refractivity contribution >= 4 is 0 Å². The first-order chi connectivity index (χ1) is 7.93. The van der Waals surface area contributed by atoms with Gasteiger partial charge in [0.1, 0.15) is 6.33 Å². The molecule has 0 amide bonds. The van der Waals surface area contributed by atoms with Crippen molar-refractivity contribution in [2.75, 3.05) is 6.54 Å². The Morgan fingerprint density at radius 2 is 2.12 bits per heavy atom. The summed E-state index contributed by atoms with van der Waals surface area (Å²) in [7, 11) is 0. The van der Waals surface area contributed by atoms with Crippen LogP contribution in [0, 0.1) is 0 Å². The van der Waals surface area contributed by atoms with Gasteiger partial charge in [-0.2, -0.15) is 0 Å². The highest BCUT2D eigenvalue weighted by Gasteiger charge is 2.19. The van der Waals surface area contributed by atoms with Crippen molar-refractivity contribution in [3.05, 3.63) is 42.5 Å². The maximum atomic E-state index is 4.51. The minimum absolute atomic E-state index is 0.338. The standard InChI is InChI=1S/C12H14N4/c1-2-5-10(6-3-1)16-9-14-12(15-16)11-7-4-8-13-11/h1-3,5-6,9,11,13H,4,7-8H2/t11-/m0/s1. The van der Waals surface area contributed by atoms with E-state index in [0.717, 1.165) is 24.5 Å². The number of aromatic nitrogens is 3. The molecule has 4 heteroatoms. The third-order valence-electron chi connectivity index (χ3n) is 2.90. The van der Waals surface area contributed by atoms with Crippen LogP contribution in [0.2, 0.25) is 0 Å². The second kappa shape index (κ2) is 4.06. The molecule has 3 rings (SSSR count). The maximum absolute atomic E-state index is 4.51. The first-order valence-electron chi connectivity index (χ1n) is 5.64. The molecule has 0 bridgehead atoms. The van der Waals surface area contributed by atoms with Gasteiger partial charge in [0.15, 0.2) is 5.82 Å². The third kappa shape index (κ3) is 1.72. The zero-order valence-corrected chi connectivity index (χ0v) is 9.00. The van der Waals surface area contributed by atoms with E-state index in [1.807, 2.05) is 35.0 Å². The van der Waals surface area contributed by atoms with Gasteiger partial charge in [0.25, 0.3) is 0 Å². The molecule has 1 aromatic heterocycles. The number of nitrogens with one attached hydrogen (secondary N) is 1. The minimum Gasteiger partial charge on any atom is -0.307 e. The summed E-state index contributed by atoms with van der Waals surface area (Å²) in [5.41, 5.74) is 1.05. The van der Waals surface area contributed by atoms with Crippen LogP contribution in [0.25, 0.3) is 5.69 Å². The second-order valence-electron chi connectivity index (χ2n) is 4.03. The molecule has 1 saturated heterocycles. The molecule has 0 spiro atoms. The summed E-state index contributed by atoms with van der Waals surface area (Å²) in [4.78, 5) is 4.36. The van der Waals surface area contributed by atoms with Crippen LogP contribution < -0.4 is 5.32 Å². The van der Waals surface area contributed by atoms with Crippen LogP contribution in [-0.2, 0) is 0 Å². The molecule has 1 N–H and O–H groups in total. The molecule has 1 aliphatic heterocycles. The van der Waals surface area contributed by atoms with E-state index in [9.17, 15) is 0 Å². The number of hydrogen-bond acceptors (Lipinski definition) is 3. The fourth-order valence-corrected chi connectivity index (χ4v) is 2.05. The lowest BCUT2D eigenvalue weighted by Crippen LogP contribution is -2.14. The van der Waals surface area contributed by atoms with Gasteiger partial charge >= 0.3 is 0 Å². The van der Waals surface area contributed by atoms with Crippen LogP contribution >= 0.6 is 0 Å². The summed E-state index contributed by atoms with van der Waals surface area (Å²) in [6.07, 6.45) is 4.13. The molecule has 2 aromatic rings. The van der Waals surface area contributed by atoms with Crippen molar-refractivity contribution < 1.29 is 0 Å². The molecule has 2 heterocycles. The molecular weight excluding hydrogens is 200 g/mol. The van der Waals surface area contributed by atoms with Crippen molar-refractivity contribution in [2.24, 2.45) is 0 Å². The fourth-order valence-electron chi connectivity index (χ4n) is 2.05. The van der Waals surface area contributed by atoms with Gasteiger partial charge < -0.3 is 5.32 Å². The molecular formula is C12H14N4. The van der Waals surface area contributed by atoms with E-state index in [1.165, 1.54) is 6.42 Å². The summed E-state index contributed by atoms with van der Waals surface area (Å²) >= 11 is 0. The molecule has 4 nitrogen and oxygen atoms in total. The van der Waals surface area contributed by atoms with E-state index in [2.05, 4.69) is 15.4 Å². The van der Waals surface area contributed by atoms with Crippen molar-refractivity contribution in [3.8, 4) is 5.69 Å². The molecule has 82 valence electrons. The Labute approximate surface area is 94.3 Å². The summed E-state index contributed by atoms with van der Waals surface area (Å²) in [5, 5.41) is 7.90. The molecule has 1 aliphatic rings. The Hall–Kier alpha value is -1.68. The van der Waals surface area contributed by atoms with Gasteiger partial charge in [-0.25, -0.2) is 9.67 Å². The van der Waals surface area contributed by atoms with Gasteiger partial charge in [0.2, 0.25) is 0 Å². The summed E-state index contributed by atoms with van der Waals surface area (Å²) in [6.45, 7) is 1.07. The average molecular weight is 214 g/mol. The summed E-state index contributed by atoms with van der Waals surface area (Å²) in [5.74, 6) is 0.904. The zero-order chi connectivity index (χ0) is 10.8.